The Balaban J connectivity index is 4.58. The molecule has 78 valence electrons. The van der Waals surface area contributed by atoms with Crippen LogP contribution < -0.4 is 0 Å². The summed E-state index contributed by atoms with van der Waals surface area (Å²) in [6, 6.07) is 0. The maximum Gasteiger partial charge on any atom is 0.455 e. The van der Waals surface area contributed by atoms with Crippen molar-refractivity contribution in [1.29, 1.82) is 0 Å². The number of halogens is 6. The number of ketones is 1. The SMILES string of the molecule is O=C(C(F)(F)OF)C(F)(F)OCF. The second-order valence-electron chi connectivity index (χ2n) is 1.69. The Hall–Kier alpha value is -0.830. The average molecular weight is 212 g/mol. The first-order valence-corrected chi connectivity index (χ1v) is 2.58. The molecular weight excluding hydrogens is 210 g/mol. The molecule has 13 heavy (non-hydrogen) atoms. The van der Waals surface area contributed by atoms with E-state index in [0.29, 0.717) is 0 Å². The van der Waals surface area contributed by atoms with Crippen LogP contribution in [0.5, 0.6) is 0 Å². The molecule has 0 atom stereocenters. The molecule has 0 fully saturated rings. The molecule has 0 radical (unpaired) electrons. The van der Waals surface area contributed by atoms with Gasteiger partial charge in [0.25, 0.3) is 0 Å². The van der Waals surface area contributed by atoms with Crippen molar-refractivity contribution in [3.05, 3.63) is 0 Å². The molecule has 0 spiro atoms. The molecule has 0 rings (SSSR count). The van der Waals surface area contributed by atoms with E-state index >= 15 is 0 Å². The second-order valence-corrected chi connectivity index (χ2v) is 1.69. The van der Waals surface area contributed by atoms with E-state index < -0.39 is 24.9 Å². The van der Waals surface area contributed by atoms with E-state index in [1.54, 1.807) is 4.94 Å². The Morgan fingerprint density at radius 2 is 1.62 bits per heavy atom. The third kappa shape index (κ3) is 2.84. The van der Waals surface area contributed by atoms with Crippen molar-refractivity contribution in [2.75, 3.05) is 6.86 Å². The molecule has 0 saturated carbocycles. The van der Waals surface area contributed by atoms with Gasteiger partial charge in [0.1, 0.15) is 0 Å². The molecule has 0 aliphatic heterocycles. The minimum atomic E-state index is -5.36. The zero-order valence-electron chi connectivity index (χ0n) is 5.70. The minimum absolute atomic E-state index is 1.67. The first kappa shape index (κ1) is 12.2. The van der Waals surface area contributed by atoms with E-state index in [9.17, 15) is 31.3 Å². The predicted octanol–water partition coefficient (Wildman–Crippen LogP) is 1.59. The van der Waals surface area contributed by atoms with Gasteiger partial charge in [-0.05, 0) is 4.53 Å². The van der Waals surface area contributed by atoms with Crippen molar-refractivity contribution < 1.29 is 41.0 Å². The van der Waals surface area contributed by atoms with Crippen molar-refractivity contribution in [3.8, 4) is 0 Å². The molecule has 0 aliphatic carbocycles. The molecule has 9 heteroatoms. The van der Waals surface area contributed by atoms with Gasteiger partial charge in [0.15, 0.2) is 6.86 Å². The standard InChI is InChI=1S/C4H2F6O3/c5-1-12-3(6,7)2(11)4(8,9)13-10/h1H2. The molecule has 3 nitrogen and oxygen atoms in total. The predicted molar refractivity (Wildman–Crippen MR) is 24.2 cm³/mol. The molecule has 0 unspecified atom stereocenters. The summed E-state index contributed by atoms with van der Waals surface area (Å²) in [6.45, 7) is -2.18. The van der Waals surface area contributed by atoms with Gasteiger partial charge < -0.3 is 0 Å². The minimum Gasteiger partial charge on any atom is -0.282 e. The quantitative estimate of drug-likeness (QED) is 0.649. The van der Waals surface area contributed by atoms with Gasteiger partial charge in [-0.2, -0.15) is 17.6 Å². The summed E-state index contributed by atoms with van der Waals surface area (Å²) in [7, 11) is 0. The lowest BCUT2D eigenvalue weighted by Crippen LogP contribution is -2.44. The zero-order chi connectivity index (χ0) is 10.7. The van der Waals surface area contributed by atoms with Crippen LogP contribution in [0.3, 0.4) is 0 Å². The van der Waals surface area contributed by atoms with Gasteiger partial charge in [-0.3, -0.25) is 9.53 Å². The Morgan fingerprint density at radius 1 is 1.15 bits per heavy atom. The highest BCUT2D eigenvalue weighted by Crippen LogP contribution is 2.28. The van der Waals surface area contributed by atoms with Gasteiger partial charge in [-0.15, -0.1) is 4.94 Å². The number of hydrogen-bond donors (Lipinski definition) is 0. The van der Waals surface area contributed by atoms with Crippen LogP contribution in [0.4, 0.5) is 26.5 Å². The van der Waals surface area contributed by atoms with Crippen molar-refractivity contribution in [2.24, 2.45) is 0 Å². The average Bonchev–Trinajstić information content (AvgIpc) is 2.03. The van der Waals surface area contributed by atoms with Gasteiger partial charge in [-0.1, -0.05) is 0 Å². The lowest BCUT2D eigenvalue weighted by Gasteiger charge is -2.16. The molecule has 0 N–H and O–H groups in total. The van der Waals surface area contributed by atoms with E-state index in [1.165, 1.54) is 0 Å². The lowest BCUT2D eigenvalue weighted by molar-refractivity contribution is -0.352. The summed E-state index contributed by atoms with van der Waals surface area (Å²) in [5, 5.41) is 0. The normalized spacial score (nSPS) is 13.1. The van der Waals surface area contributed by atoms with Gasteiger partial charge in [0.05, 0.1) is 0 Å². The van der Waals surface area contributed by atoms with Crippen LogP contribution in [0.15, 0.2) is 0 Å². The summed E-state index contributed by atoms with van der Waals surface area (Å²) >= 11 is 0. The van der Waals surface area contributed by atoms with Crippen LogP contribution in [0, 0.1) is 0 Å². The van der Waals surface area contributed by atoms with E-state index in [4.69, 9.17) is 0 Å². The molecule has 0 aliphatic rings. The maximum atomic E-state index is 12.0. The molecule has 0 aromatic heterocycles. The van der Waals surface area contributed by atoms with E-state index in [2.05, 4.69) is 4.74 Å². The third-order valence-corrected chi connectivity index (χ3v) is 0.861. The lowest BCUT2D eigenvalue weighted by atomic mass is 10.3. The van der Waals surface area contributed by atoms with E-state index in [-0.39, 0.29) is 0 Å². The Labute approximate surface area is 67.1 Å². The van der Waals surface area contributed by atoms with E-state index in [1.807, 2.05) is 0 Å². The molecule has 0 bridgehead atoms. The zero-order valence-corrected chi connectivity index (χ0v) is 5.70. The summed E-state index contributed by atoms with van der Waals surface area (Å²) in [6.07, 6.45) is -10.5. The van der Waals surface area contributed by atoms with Gasteiger partial charge in [0.2, 0.25) is 0 Å². The summed E-state index contributed by atoms with van der Waals surface area (Å²) < 4.78 is 72.0. The largest absolute Gasteiger partial charge is 0.455 e. The summed E-state index contributed by atoms with van der Waals surface area (Å²) in [5.74, 6) is -3.32. The van der Waals surface area contributed by atoms with Crippen molar-refractivity contribution in [1.82, 2.24) is 0 Å². The number of Topliss-reactive ketones (excluding diaryl/α,β-unsaturated/α-hetero) is 1. The fourth-order valence-corrected chi connectivity index (χ4v) is 0.339. The highest BCUT2D eigenvalue weighted by atomic mass is 19.4. The Morgan fingerprint density at radius 3 is 1.92 bits per heavy atom. The van der Waals surface area contributed by atoms with Crippen LogP contribution in [-0.4, -0.2) is 24.9 Å². The fourth-order valence-electron chi connectivity index (χ4n) is 0.339. The van der Waals surface area contributed by atoms with Crippen LogP contribution in [-0.2, 0) is 14.5 Å². The summed E-state index contributed by atoms with van der Waals surface area (Å²) in [5.41, 5.74) is 0. The number of carbonyl (C=O) groups is 1. The summed E-state index contributed by atoms with van der Waals surface area (Å²) in [4.78, 5) is 11.6. The van der Waals surface area contributed by atoms with Crippen molar-refractivity contribution >= 4 is 5.78 Å². The second kappa shape index (κ2) is 3.92. The van der Waals surface area contributed by atoms with Crippen molar-refractivity contribution in [2.45, 2.75) is 12.2 Å². The first-order chi connectivity index (χ1) is 5.78. The van der Waals surface area contributed by atoms with Gasteiger partial charge >= 0.3 is 18.0 Å². The highest BCUT2D eigenvalue weighted by molar-refractivity contribution is 5.89. The molecule has 0 saturated heterocycles. The monoisotopic (exact) mass is 212 g/mol. The Bertz CT molecular complexity index is 192. The maximum absolute atomic E-state index is 12.0. The molecule has 0 amide bonds. The van der Waals surface area contributed by atoms with Crippen LogP contribution in [0.1, 0.15) is 0 Å². The number of rotatable bonds is 5. The highest BCUT2D eigenvalue weighted by Gasteiger charge is 2.58. The van der Waals surface area contributed by atoms with Crippen LogP contribution in [0.2, 0.25) is 0 Å². The van der Waals surface area contributed by atoms with Gasteiger partial charge in [0, 0.05) is 0 Å². The fraction of sp³-hybridized carbons (Fsp3) is 0.750. The smallest absolute Gasteiger partial charge is 0.282 e. The number of hydrogen-bond acceptors (Lipinski definition) is 3. The number of ether oxygens (including phenoxy) is 1. The number of alkyl halides is 5. The molecule has 0 heterocycles. The van der Waals surface area contributed by atoms with Crippen LogP contribution >= 0.6 is 0 Å². The Kier molecular flexibility index (Phi) is 3.67. The molecular formula is C4H2F6O3. The molecule has 0 aromatic carbocycles. The molecule has 0 aromatic rings. The van der Waals surface area contributed by atoms with Gasteiger partial charge in [-0.25, -0.2) is 4.39 Å². The number of carbonyl (C=O) groups excluding carboxylic acids is 1. The van der Waals surface area contributed by atoms with E-state index in [0.717, 1.165) is 0 Å². The van der Waals surface area contributed by atoms with Crippen LogP contribution in [0.25, 0.3) is 0 Å². The topological polar surface area (TPSA) is 35.5 Å². The third-order valence-electron chi connectivity index (χ3n) is 0.861. The van der Waals surface area contributed by atoms with Crippen molar-refractivity contribution in [3.63, 3.8) is 0 Å². The first-order valence-electron chi connectivity index (χ1n) is 2.58.